The van der Waals surface area contributed by atoms with Crippen molar-refractivity contribution < 1.29 is 10.2 Å². The molecule has 0 aromatic heterocycles. The maximum atomic E-state index is 9.39. The molecule has 0 spiro atoms. The van der Waals surface area contributed by atoms with Crippen LogP contribution in [0.2, 0.25) is 0 Å². The molecule has 2 N–H and O–H groups in total. The number of unbranched alkanes of at least 4 members (excludes halogenated alkanes) is 4. The summed E-state index contributed by atoms with van der Waals surface area (Å²) in [7, 11) is 0. The Balaban J connectivity index is 3.19. The summed E-state index contributed by atoms with van der Waals surface area (Å²) < 4.78 is 0. The Morgan fingerprint density at radius 2 is 1.06 bits per heavy atom. The lowest BCUT2D eigenvalue weighted by Gasteiger charge is -2.08. The second-order valence-electron chi connectivity index (χ2n) is 4.47. The zero-order valence-electron chi connectivity index (χ0n) is 10.6. The van der Waals surface area contributed by atoms with Gasteiger partial charge < -0.3 is 10.2 Å². The first-order chi connectivity index (χ1) is 8.20. The highest BCUT2D eigenvalue weighted by molar-refractivity contribution is 4.87. The fourth-order valence-corrected chi connectivity index (χ4v) is 1.77. The van der Waals surface area contributed by atoms with Crippen LogP contribution in [0.1, 0.15) is 57.8 Å². The molecule has 0 fully saturated rings. The fourth-order valence-electron chi connectivity index (χ4n) is 1.77. The lowest BCUT2D eigenvalue weighted by molar-refractivity contribution is 0.163. The lowest BCUT2D eigenvalue weighted by Crippen LogP contribution is -2.05. The molecule has 2 atom stereocenters. The number of hydrogen-bond acceptors (Lipinski definition) is 2. The van der Waals surface area contributed by atoms with Gasteiger partial charge in [-0.1, -0.05) is 32.1 Å². The molecule has 17 heavy (non-hydrogen) atoms. The summed E-state index contributed by atoms with van der Waals surface area (Å²) in [5.41, 5.74) is 0. The molecule has 0 amide bonds. The molecule has 2 heteroatoms. The van der Waals surface area contributed by atoms with E-state index >= 15 is 0 Å². The Morgan fingerprint density at radius 1 is 0.706 bits per heavy atom. The molecule has 0 saturated heterocycles. The third kappa shape index (κ3) is 11.3. The maximum absolute atomic E-state index is 9.39. The Bertz CT molecular complexity index is 221. The van der Waals surface area contributed by atoms with Gasteiger partial charge in [0.1, 0.15) is 0 Å². The zero-order chi connectivity index (χ0) is 12.9. The van der Waals surface area contributed by atoms with Crippen molar-refractivity contribution in [3.8, 4) is 24.7 Å². The monoisotopic (exact) mass is 236 g/mol. The van der Waals surface area contributed by atoms with Crippen molar-refractivity contribution in [1.82, 2.24) is 0 Å². The van der Waals surface area contributed by atoms with Crippen LogP contribution in [0.4, 0.5) is 0 Å². The van der Waals surface area contributed by atoms with E-state index in [4.69, 9.17) is 12.8 Å². The van der Waals surface area contributed by atoms with E-state index in [1.807, 2.05) is 0 Å². The molecular formula is C15H24O2. The Morgan fingerprint density at radius 3 is 1.41 bits per heavy atom. The third-order valence-electron chi connectivity index (χ3n) is 2.78. The first-order valence-electron chi connectivity index (χ1n) is 6.43. The zero-order valence-corrected chi connectivity index (χ0v) is 10.6. The maximum Gasteiger partial charge on any atom is 0.0649 e. The summed E-state index contributed by atoms with van der Waals surface area (Å²) in [5.74, 6) is 4.92. The molecule has 96 valence electrons. The van der Waals surface area contributed by atoms with Crippen molar-refractivity contribution in [3.63, 3.8) is 0 Å². The second kappa shape index (κ2) is 11.5. The average molecular weight is 236 g/mol. The van der Waals surface area contributed by atoms with Crippen LogP contribution in [0.25, 0.3) is 0 Å². The van der Waals surface area contributed by atoms with Crippen molar-refractivity contribution in [1.29, 1.82) is 0 Å². The molecule has 0 bridgehead atoms. The molecule has 0 heterocycles. The standard InChI is InChI=1S/C15H24O2/c1-3-10-14(16)12-8-6-5-7-9-13-15(17)11-4-2/h1-2,14-17H,5-13H2. The number of aliphatic hydroxyl groups is 2. The van der Waals surface area contributed by atoms with Gasteiger partial charge in [0.25, 0.3) is 0 Å². The van der Waals surface area contributed by atoms with Crippen LogP contribution >= 0.6 is 0 Å². The van der Waals surface area contributed by atoms with E-state index in [9.17, 15) is 10.2 Å². The van der Waals surface area contributed by atoms with E-state index in [2.05, 4.69) is 11.8 Å². The van der Waals surface area contributed by atoms with E-state index in [1.54, 1.807) is 0 Å². The van der Waals surface area contributed by atoms with Crippen LogP contribution in [0.3, 0.4) is 0 Å². The first-order valence-corrected chi connectivity index (χ1v) is 6.43. The van der Waals surface area contributed by atoms with Gasteiger partial charge in [0.15, 0.2) is 0 Å². The fraction of sp³-hybridized carbons (Fsp3) is 0.733. The Kier molecular flexibility index (Phi) is 10.9. The van der Waals surface area contributed by atoms with Crippen LogP contribution in [0.5, 0.6) is 0 Å². The smallest absolute Gasteiger partial charge is 0.0649 e. The van der Waals surface area contributed by atoms with Gasteiger partial charge >= 0.3 is 0 Å². The number of rotatable bonds is 10. The van der Waals surface area contributed by atoms with Gasteiger partial charge in [-0.05, 0) is 12.8 Å². The molecule has 0 rings (SSSR count). The Labute approximate surface area is 105 Å². The normalized spacial score (nSPS) is 13.6. The number of hydrogen-bond donors (Lipinski definition) is 2. The second-order valence-corrected chi connectivity index (χ2v) is 4.47. The van der Waals surface area contributed by atoms with E-state index in [-0.39, 0.29) is 12.2 Å². The molecule has 0 aliphatic heterocycles. The predicted molar refractivity (Wildman–Crippen MR) is 71.2 cm³/mol. The summed E-state index contributed by atoms with van der Waals surface area (Å²) in [4.78, 5) is 0. The minimum atomic E-state index is -0.336. The van der Waals surface area contributed by atoms with E-state index in [1.165, 1.54) is 0 Å². The molecule has 0 aromatic rings. The van der Waals surface area contributed by atoms with Crippen LogP contribution in [-0.2, 0) is 0 Å². The van der Waals surface area contributed by atoms with Gasteiger partial charge in [-0.25, -0.2) is 0 Å². The molecule has 0 aliphatic rings. The van der Waals surface area contributed by atoms with Gasteiger partial charge in [0.05, 0.1) is 12.2 Å². The summed E-state index contributed by atoms with van der Waals surface area (Å²) in [6.45, 7) is 0. The molecule has 0 aliphatic carbocycles. The van der Waals surface area contributed by atoms with Crippen LogP contribution in [0, 0.1) is 24.7 Å². The van der Waals surface area contributed by atoms with Crippen molar-refractivity contribution >= 4 is 0 Å². The van der Waals surface area contributed by atoms with E-state index in [0.29, 0.717) is 12.8 Å². The van der Waals surface area contributed by atoms with Crippen molar-refractivity contribution in [3.05, 3.63) is 0 Å². The summed E-state index contributed by atoms with van der Waals surface area (Å²) in [5, 5.41) is 18.8. The number of aliphatic hydroxyl groups excluding tert-OH is 2. The summed E-state index contributed by atoms with van der Waals surface area (Å²) >= 11 is 0. The molecule has 0 aromatic carbocycles. The minimum absolute atomic E-state index is 0.336. The van der Waals surface area contributed by atoms with Crippen molar-refractivity contribution in [2.24, 2.45) is 0 Å². The molecule has 2 unspecified atom stereocenters. The van der Waals surface area contributed by atoms with Gasteiger partial charge in [0.2, 0.25) is 0 Å². The van der Waals surface area contributed by atoms with Gasteiger partial charge in [-0.15, -0.1) is 24.7 Å². The van der Waals surface area contributed by atoms with Crippen LogP contribution < -0.4 is 0 Å². The van der Waals surface area contributed by atoms with Crippen molar-refractivity contribution in [2.75, 3.05) is 0 Å². The summed E-state index contributed by atoms with van der Waals surface area (Å²) in [6, 6.07) is 0. The first kappa shape index (κ1) is 16.0. The molecular weight excluding hydrogens is 212 g/mol. The average Bonchev–Trinajstić information content (AvgIpc) is 2.28. The van der Waals surface area contributed by atoms with E-state index < -0.39 is 0 Å². The summed E-state index contributed by atoms with van der Waals surface area (Å²) in [6.07, 6.45) is 17.5. The highest BCUT2D eigenvalue weighted by Crippen LogP contribution is 2.11. The van der Waals surface area contributed by atoms with Crippen LogP contribution in [-0.4, -0.2) is 22.4 Å². The topological polar surface area (TPSA) is 40.5 Å². The lowest BCUT2D eigenvalue weighted by atomic mass is 10.0. The highest BCUT2D eigenvalue weighted by Gasteiger charge is 2.02. The molecule has 2 nitrogen and oxygen atoms in total. The van der Waals surface area contributed by atoms with Gasteiger partial charge in [-0.2, -0.15) is 0 Å². The number of terminal acetylenes is 2. The SMILES string of the molecule is C#CCC(O)CCCCCCCC(O)CC#C. The minimum Gasteiger partial charge on any atom is -0.392 e. The van der Waals surface area contributed by atoms with Crippen LogP contribution in [0.15, 0.2) is 0 Å². The predicted octanol–water partition coefficient (Wildman–Crippen LogP) is 2.49. The third-order valence-corrected chi connectivity index (χ3v) is 2.78. The Hall–Kier alpha value is -0.960. The molecule has 0 radical (unpaired) electrons. The van der Waals surface area contributed by atoms with Gasteiger partial charge in [0, 0.05) is 12.8 Å². The highest BCUT2D eigenvalue weighted by atomic mass is 16.3. The van der Waals surface area contributed by atoms with E-state index in [0.717, 1.165) is 44.9 Å². The van der Waals surface area contributed by atoms with Crippen molar-refractivity contribution in [2.45, 2.75) is 70.0 Å². The molecule has 0 saturated carbocycles. The largest absolute Gasteiger partial charge is 0.392 e. The quantitative estimate of drug-likeness (QED) is 0.452. The van der Waals surface area contributed by atoms with Gasteiger partial charge in [-0.3, -0.25) is 0 Å².